The fourth-order valence-corrected chi connectivity index (χ4v) is 3.19. The first-order chi connectivity index (χ1) is 13.6. The molecule has 1 N–H and O–H groups in total. The van der Waals surface area contributed by atoms with Crippen LogP contribution in [0.2, 0.25) is 0 Å². The van der Waals surface area contributed by atoms with E-state index < -0.39 is 0 Å². The lowest BCUT2D eigenvalue weighted by molar-refractivity contribution is -0.0110. The number of benzene rings is 1. The first-order valence-electron chi connectivity index (χ1n) is 9.94. The number of nitrogens with zero attached hydrogens (tertiary/aromatic N) is 3. The number of imidazole rings is 1. The van der Waals surface area contributed by atoms with E-state index in [9.17, 15) is 4.79 Å². The highest BCUT2D eigenvalue weighted by atomic mass is 16.5. The summed E-state index contributed by atoms with van der Waals surface area (Å²) in [7, 11) is 3.78. The Morgan fingerprint density at radius 3 is 2.86 bits per heavy atom. The molecule has 7 nitrogen and oxygen atoms in total. The van der Waals surface area contributed by atoms with Crippen LogP contribution in [0.15, 0.2) is 36.7 Å². The summed E-state index contributed by atoms with van der Waals surface area (Å²) in [5, 5.41) is 2.92. The van der Waals surface area contributed by atoms with E-state index in [1.54, 1.807) is 18.1 Å². The number of carbonyl (C=O) groups excluding carboxylic acids is 1. The van der Waals surface area contributed by atoms with Gasteiger partial charge < -0.3 is 24.3 Å². The van der Waals surface area contributed by atoms with Crippen molar-refractivity contribution in [3.05, 3.63) is 42.5 Å². The molecule has 1 aromatic heterocycles. The molecule has 0 radical (unpaired) electrons. The number of anilines is 1. The second-order valence-electron chi connectivity index (χ2n) is 7.23. The summed E-state index contributed by atoms with van der Waals surface area (Å²) in [6, 6.07) is 7.34. The molecule has 1 unspecified atom stereocenters. The average molecular weight is 386 g/mol. The molecule has 1 aromatic carbocycles. The van der Waals surface area contributed by atoms with Crippen molar-refractivity contribution in [3.63, 3.8) is 0 Å². The van der Waals surface area contributed by atoms with Gasteiger partial charge in [-0.1, -0.05) is 0 Å². The molecule has 1 aliphatic heterocycles. The van der Waals surface area contributed by atoms with Crippen LogP contribution in [0.25, 0.3) is 0 Å². The van der Waals surface area contributed by atoms with Gasteiger partial charge in [-0.15, -0.1) is 0 Å². The van der Waals surface area contributed by atoms with Crippen molar-refractivity contribution in [2.24, 2.45) is 7.05 Å². The van der Waals surface area contributed by atoms with Crippen molar-refractivity contribution in [3.8, 4) is 5.75 Å². The molecule has 152 valence electrons. The van der Waals surface area contributed by atoms with Gasteiger partial charge in [0.05, 0.1) is 6.10 Å². The van der Waals surface area contributed by atoms with E-state index in [1.165, 1.54) is 6.42 Å². The fraction of sp³-hybridized carbons (Fsp3) is 0.524. The van der Waals surface area contributed by atoms with Gasteiger partial charge in [-0.2, -0.15) is 0 Å². The molecular formula is C21H30N4O3. The van der Waals surface area contributed by atoms with E-state index in [0.717, 1.165) is 49.6 Å². The molecule has 0 aliphatic carbocycles. The van der Waals surface area contributed by atoms with E-state index in [-0.39, 0.29) is 12.1 Å². The van der Waals surface area contributed by atoms with Crippen LogP contribution in [-0.4, -0.2) is 53.4 Å². The van der Waals surface area contributed by atoms with Crippen LogP contribution in [0.4, 0.5) is 10.5 Å². The summed E-state index contributed by atoms with van der Waals surface area (Å²) in [6.45, 7) is 2.07. The third kappa shape index (κ3) is 5.99. The van der Waals surface area contributed by atoms with Crippen LogP contribution in [0, 0.1) is 0 Å². The molecule has 2 heterocycles. The Kier molecular flexibility index (Phi) is 7.31. The van der Waals surface area contributed by atoms with Crippen molar-refractivity contribution in [2.45, 2.75) is 38.2 Å². The van der Waals surface area contributed by atoms with E-state index in [1.807, 2.05) is 42.1 Å². The van der Waals surface area contributed by atoms with Gasteiger partial charge in [0.25, 0.3) is 0 Å². The molecular weight excluding hydrogens is 356 g/mol. The van der Waals surface area contributed by atoms with Crippen molar-refractivity contribution < 1.29 is 14.3 Å². The zero-order valence-corrected chi connectivity index (χ0v) is 16.8. The predicted octanol–water partition coefficient (Wildman–Crippen LogP) is 3.46. The van der Waals surface area contributed by atoms with Gasteiger partial charge in [0.2, 0.25) is 0 Å². The maximum atomic E-state index is 12.3. The molecule has 28 heavy (non-hydrogen) atoms. The number of aryl methyl sites for hydroxylation is 2. The Labute approximate surface area is 166 Å². The summed E-state index contributed by atoms with van der Waals surface area (Å²) in [4.78, 5) is 18.3. The highest BCUT2D eigenvalue weighted by Gasteiger charge is 2.14. The Hall–Kier alpha value is -2.54. The minimum absolute atomic E-state index is 0.121. The van der Waals surface area contributed by atoms with Crippen LogP contribution in [-0.2, 0) is 18.2 Å². The van der Waals surface area contributed by atoms with E-state index in [4.69, 9.17) is 9.47 Å². The van der Waals surface area contributed by atoms with Gasteiger partial charge in [0.15, 0.2) is 0 Å². The Bertz CT molecular complexity index is 738. The van der Waals surface area contributed by atoms with Crippen LogP contribution in [0.3, 0.4) is 0 Å². The Morgan fingerprint density at radius 1 is 1.36 bits per heavy atom. The predicted molar refractivity (Wildman–Crippen MR) is 109 cm³/mol. The minimum Gasteiger partial charge on any atom is -0.491 e. The SMILES string of the molecule is CN(CCCc1nccn1C)C(=O)Nc1ccc(OCC2CCCCO2)cc1. The van der Waals surface area contributed by atoms with Gasteiger partial charge in [-0.25, -0.2) is 9.78 Å². The number of nitrogens with one attached hydrogen (secondary N) is 1. The van der Waals surface area contributed by atoms with E-state index >= 15 is 0 Å². The molecule has 2 amide bonds. The lowest BCUT2D eigenvalue weighted by atomic mass is 10.1. The second-order valence-corrected chi connectivity index (χ2v) is 7.23. The van der Waals surface area contributed by atoms with Crippen molar-refractivity contribution in [1.82, 2.24) is 14.5 Å². The maximum absolute atomic E-state index is 12.3. The van der Waals surface area contributed by atoms with Crippen LogP contribution >= 0.6 is 0 Å². The molecule has 0 saturated carbocycles. The van der Waals surface area contributed by atoms with Crippen LogP contribution in [0.1, 0.15) is 31.5 Å². The molecule has 3 rings (SSSR count). The van der Waals surface area contributed by atoms with Gasteiger partial charge >= 0.3 is 6.03 Å². The number of rotatable bonds is 8. The van der Waals surface area contributed by atoms with E-state index in [2.05, 4.69) is 10.3 Å². The fourth-order valence-electron chi connectivity index (χ4n) is 3.19. The quantitative estimate of drug-likeness (QED) is 0.754. The molecule has 1 saturated heterocycles. The van der Waals surface area contributed by atoms with Gasteiger partial charge in [0.1, 0.15) is 18.2 Å². The zero-order chi connectivity index (χ0) is 19.8. The van der Waals surface area contributed by atoms with Crippen LogP contribution in [0.5, 0.6) is 5.75 Å². The normalized spacial score (nSPS) is 16.6. The van der Waals surface area contributed by atoms with Crippen molar-refractivity contribution >= 4 is 11.7 Å². The lowest BCUT2D eigenvalue weighted by Gasteiger charge is -2.22. The first-order valence-corrected chi connectivity index (χ1v) is 9.94. The largest absolute Gasteiger partial charge is 0.491 e. The van der Waals surface area contributed by atoms with Crippen molar-refractivity contribution in [2.75, 3.05) is 32.1 Å². The molecule has 7 heteroatoms. The summed E-state index contributed by atoms with van der Waals surface area (Å²) in [6.07, 6.45) is 9.02. The monoisotopic (exact) mass is 386 g/mol. The number of hydrogen-bond donors (Lipinski definition) is 1. The Morgan fingerprint density at radius 2 is 2.18 bits per heavy atom. The van der Waals surface area contributed by atoms with Crippen LogP contribution < -0.4 is 10.1 Å². The summed E-state index contributed by atoms with van der Waals surface area (Å²) >= 11 is 0. The standard InChI is InChI=1S/C21H30N4O3/c1-24-14-12-22-20(24)7-5-13-25(2)21(26)23-17-8-10-18(11-9-17)28-16-19-6-3-4-15-27-19/h8-12,14,19H,3-7,13,15-16H2,1-2H3,(H,23,26). The molecule has 2 aromatic rings. The maximum Gasteiger partial charge on any atom is 0.321 e. The summed E-state index contributed by atoms with van der Waals surface area (Å²) < 4.78 is 13.5. The van der Waals surface area contributed by atoms with Gasteiger partial charge in [-0.05, 0) is 49.9 Å². The smallest absolute Gasteiger partial charge is 0.321 e. The molecule has 1 aliphatic rings. The number of urea groups is 1. The third-order valence-electron chi connectivity index (χ3n) is 4.98. The third-order valence-corrected chi connectivity index (χ3v) is 4.98. The molecule has 0 bridgehead atoms. The first kappa shape index (κ1) is 20.2. The minimum atomic E-state index is -0.121. The summed E-state index contributed by atoms with van der Waals surface area (Å²) in [5.41, 5.74) is 0.752. The van der Waals surface area contributed by atoms with Crippen molar-refractivity contribution in [1.29, 1.82) is 0 Å². The summed E-state index contributed by atoms with van der Waals surface area (Å²) in [5.74, 6) is 1.82. The zero-order valence-electron chi connectivity index (χ0n) is 16.8. The number of aromatic nitrogens is 2. The Balaban J connectivity index is 1.38. The van der Waals surface area contributed by atoms with Gasteiger partial charge in [-0.3, -0.25) is 0 Å². The molecule has 1 atom stereocenters. The number of amides is 2. The number of ether oxygens (including phenoxy) is 2. The molecule has 0 spiro atoms. The van der Waals surface area contributed by atoms with Gasteiger partial charge in [0, 0.05) is 51.7 Å². The molecule has 1 fully saturated rings. The highest BCUT2D eigenvalue weighted by molar-refractivity contribution is 5.89. The second kappa shape index (κ2) is 10.1. The number of hydrogen-bond acceptors (Lipinski definition) is 4. The lowest BCUT2D eigenvalue weighted by Crippen LogP contribution is -2.32. The van der Waals surface area contributed by atoms with E-state index in [0.29, 0.717) is 13.2 Å². The highest BCUT2D eigenvalue weighted by Crippen LogP contribution is 2.18. The average Bonchev–Trinajstić information content (AvgIpc) is 3.13. The topological polar surface area (TPSA) is 68.6 Å². The number of carbonyl (C=O) groups is 1.